The van der Waals surface area contributed by atoms with Crippen LogP contribution in [0.5, 0.6) is 0 Å². The first-order valence-corrected chi connectivity index (χ1v) is 10.1. The highest BCUT2D eigenvalue weighted by Crippen LogP contribution is 2.36. The molecule has 1 unspecified atom stereocenters. The molecule has 1 atom stereocenters. The number of para-hydroxylation sites is 1. The Labute approximate surface area is 180 Å². The maximum Gasteiger partial charge on any atom is 0.238 e. The van der Waals surface area contributed by atoms with Crippen LogP contribution in [0.4, 0.5) is 11.4 Å². The maximum atomic E-state index is 12.9. The van der Waals surface area contributed by atoms with E-state index in [1.807, 2.05) is 91.0 Å². The number of rotatable bonds is 5. The van der Waals surface area contributed by atoms with Gasteiger partial charge < -0.3 is 10.3 Å². The van der Waals surface area contributed by atoms with Gasteiger partial charge in [0.1, 0.15) is 5.92 Å². The number of anilines is 1. The summed E-state index contributed by atoms with van der Waals surface area (Å²) in [6.45, 7) is 0. The fourth-order valence-electron chi connectivity index (χ4n) is 3.73. The molecule has 31 heavy (non-hydrogen) atoms. The van der Waals surface area contributed by atoms with E-state index in [2.05, 4.69) is 15.3 Å². The van der Waals surface area contributed by atoms with Crippen LogP contribution in [0.25, 0.3) is 12.2 Å². The summed E-state index contributed by atoms with van der Waals surface area (Å²) in [4.78, 5) is 24.9. The first kappa shape index (κ1) is 18.8. The van der Waals surface area contributed by atoms with E-state index >= 15 is 0 Å². The van der Waals surface area contributed by atoms with Crippen LogP contribution in [0.2, 0.25) is 0 Å². The summed E-state index contributed by atoms with van der Waals surface area (Å²) in [7, 11) is 0. The Kier molecular flexibility index (Phi) is 4.99. The molecule has 0 saturated carbocycles. The summed E-state index contributed by atoms with van der Waals surface area (Å²) in [5.41, 5.74) is 6.27. The molecule has 5 nitrogen and oxygen atoms in total. The van der Waals surface area contributed by atoms with Gasteiger partial charge in [0.05, 0.1) is 29.6 Å². The minimum Gasteiger partial charge on any atom is -0.345 e. The third kappa shape index (κ3) is 3.94. The van der Waals surface area contributed by atoms with Crippen molar-refractivity contribution in [2.75, 3.05) is 5.32 Å². The predicted octanol–water partition coefficient (Wildman–Crippen LogP) is 5.44. The van der Waals surface area contributed by atoms with Crippen LogP contribution < -0.4 is 5.32 Å². The minimum absolute atomic E-state index is 0.0529. The molecule has 150 valence electrons. The van der Waals surface area contributed by atoms with Crippen molar-refractivity contribution in [3.05, 3.63) is 114 Å². The van der Waals surface area contributed by atoms with Crippen molar-refractivity contribution < 1.29 is 4.79 Å². The van der Waals surface area contributed by atoms with E-state index in [1.54, 1.807) is 12.5 Å². The van der Waals surface area contributed by atoms with Gasteiger partial charge in [-0.3, -0.25) is 9.79 Å². The van der Waals surface area contributed by atoms with Crippen LogP contribution in [-0.2, 0) is 4.79 Å². The number of amides is 1. The molecule has 3 aromatic carbocycles. The number of hydrogen-bond donors (Lipinski definition) is 2. The highest BCUT2D eigenvalue weighted by atomic mass is 16.2. The van der Waals surface area contributed by atoms with Gasteiger partial charge >= 0.3 is 0 Å². The third-order valence-corrected chi connectivity index (χ3v) is 5.25. The lowest BCUT2D eigenvalue weighted by atomic mass is 9.90. The number of carbonyl (C=O) groups excluding carboxylic acids is 1. The molecular weight excluding hydrogens is 384 g/mol. The van der Waals surface area contributed by atoms with E-state index in [4.69, 9.17) is 4.99 Å². The molecule has 1 aromatic heterocycles. The highest BCUT2D eigenvalue weighted by molar-refractivity contribution is 6.24. The average Bonchev–Trinajstić information content (AvgIpc) is 3.45. The molecular formula is C26H20N4O. The lowest BCUT2D eigenvalue weighted by molar-refractivity contribution is -0.115. The molecule has 0 spiro atoms. The fourth-order valence-corrected chi connectivity index (χ4v) is 3.73. The third-order valence-electron chi connectivity index (χ3n) is 5.25. The Balaban J connectivity index is 1.51. The number of aliphatic imine (C=N–C) groups is 1. The van der Waals surface area contributed by atoms with E-state index < -0.39 is 5.92 Å². The number of hydrogen-bond acceptors (Lipinski definition) is 3. The van der Waals surface area contributed by atoms with Gasteiger partial charge in [0, 0.05) is 5.69 Å². The minimum atomic E-state index is -0.446. The molecule has 5 heteroatoms. The average molecular weight is 404 g/mol. The number of nitrogens with one attached hydrogen (secondary N) is 2. The first-order valence-electron chi connectivity index (χ1n) is 10.1. The molecule has 0 fully saturated rings. The number of aromatic amines is 1. The second kappa shape index (κ2) is 8.24. The van der Waals surface area contributed by atoms with Gasteiger partial charge in [0.2, 0.25) is 5.91 Å². The number of benzene rings is 3. The summed E-state index contributed by atoms with van der Waals surface area (Å²) >= 11 is 0. The second-order valence-electron chi connectivity index (χ2n) is 7.30. The van der Waals surface area contributed by atoms with Crippen LogP contribution in [0.1, 0.15) is 28.3 Å². The molecule has 2 N–H and O–H groups in total. The van der Waals surface area contributed by atoms with Crippen LogP contribution in [0.3, 0.4) is 0 Å². The van der Waals surface area contributed by atoms with E-state index in [0.29, 0.717) is 0 Å². The first-order chi connectivity index (χ1) is 15.3. The Morgan fingerprint density at radius 3 is 2.45 bits per heavy atom. The monoisotopic (exact) mass is 404 g/mol. The molecule has 0 aliphatic carbocycles. The number of nitrogens with zero attached hydrogens (tertiary/aromatic N) is 2. The van der Waals surface area contributed by atoms with Gasteiger partial charge in [0.15, 0.2) is 0 Å². The number of carbonyl (C=O) groups is 1. The summed E-state index contributed by atoms with van der Waals surface area (Å²) in [5.74, 6) is -0.499. The molecule has 4 aromatic rings. The second-order valence-corrected chi connectivity index (χ2v) is 7.30. The van der Waals surface area contributed by atoms with Gasteiger partial charge in [-0.2, -0.15) is 0 Å². The highest BCUT2D eigenvalue weighted by Gasteiger charge is 2.35. The molecule has 0 bridgehead atoms. The van der Waals surface area contributed by atoms with Gasteiger partial charge in [-0.05, 0) is 41.0 Å². The zero-order valence-corrected chi connectivity index (χ0v) is 16.7. The Morgan fingerprint density at radius 2 is 1.68 bits per heavy atom. The number of H-pyrrole nitrogens is 1. The van der Waals surface area contributed by atoms with E-state index in [0.717, 1.165) is 39.5 Å². The summed E-state index contributed by atoms with van der Waals surface area (Å²) in [6, 6.07) is 25.6. The largest absolute Gasteiger partial charge is 0.345 e. The Bertz CT molecular complexity index is 1260. The standard InChI is InChI=1S/C26H20N4O/c31-26-24(22-8-4-5-9-23(22)30-26)25(19-6-2-1-3-7-19)29-20-13-10-18(11-14-20)12-15-21-16-27-17-28-21/h1-17,24H,(H,27,28)(H,30,31). The molecule has 1 amide bonds. The zero-order valence-electron chi connectivity index (χ0n) is 16.7. The Hall–Kier alpha value is -4.25. The van der Waals surface area contributed by atoms with Gasteiger partial charge in [-0.15, -0.1) is 0 Å². The van der Waals surface area contributed by atoms with Crippen molar-refractivity contribution in [3.8, 4) is 0 Å². The van der Waals surface area contributed by atoms with Crippen LogP contribution in [0, 0.1) is 0 Å². The smallest absolute Gasteiger partial charge is 0.238 e. The van der Waals surface area contributed by atoms with E-state index in [9.17, 15) is 4.79 Å². The van der Waals surface area contributed by atoms with Gasteiger partial charge in [-0.1, -0.05) is 66.7 Å². The summed E-state index contributed by atoms with van der Waals surface area (Å²) in [6.07, 6.45) is 7.41. The van der Waals surface area contributed by atoms with E-state index in [1.165, 1.54) is 0 Å². The quantitative estimate of drug-likeness (QED) is 0.435. The van der Waals surface area contributed by atoms with Gasteiger partial charge in [0.25, 0.3) is 0 Å². The predicted molar refractivity (Wildman–Crippen MR) is 124 cm³/mol. The molecule has 0 radical (unpaired) electrons. The van der Waals surface area contributed by atoms with Crippen LogP contribution in [-0.4, -0.2) is 21.6 Å². The van der Waals surface area contributed by atoms with Crippen molar-refractivity contribution in [1.82, 2.24) is 9.97 Å². The molecule has 0 saturated heterocycles. The number of aromatic nitrogens is 2. The summed E-state index contributed by atoms with van der Waals surface area (Å²) in [5, 5.41) is 2.99. The van der Waals surface area contributed by atoms with Crippen molar-refractivity contribution in [3.63, 3.8) is 0 Å². The van der Waals surface area contributed by atoms with Crippen molar-refractivity contribution in [1.29, 1.82) is 0 Å². The number of fused-ring (bicyclic) bond motifs is 1. The Morgan fingerprint density at radius 1 is 0.903 bits per heavy atom. The maximum absolute atomic E-state index is 12.9. The molecule has 2 heterocycles. The van der Waals surface area contributed by atoms with Gasteiger partial charge in [-0.25, -0.2) is 4.98 Å². The fraction of sp³-hybridized carbons (Fsp3) is 0.0385. The molecule has 1 aliphatic rings. The van der Waals surface area contributed by atoms with Crippen molar-refractivity contribution in [2.24, 2.45) is 4.99 Å². The van der Waals surface area contributed by atoms with Crippen molar-refractivity contribution in [2.45, 2.75) is 5.92 Å². The normalized spacial score (nSPS) is 15.8. The van der Waals surface area contributed by atoms with Crippen LogP contribution >= 0.6 is 0 Å². The lowest BCUT2D eigenvalue weighted by Crippen LogP contribution is -2.21. The topological polar surface area (TPSA) is 70.1 Å². The van der Waals surface area contributed by atoms with Crippen LogP contribution in [0.15, 0.2) is 96.4 Å². The van der Waals surface area contributed by atoms with Crippen molar-refractivity contribution >= 4 is 35.1 Å². The SMILES string of the molecule is O=C1Nc2ccccc2C1C(=Nc1ccc(C=Cc2cnc[nH]2)cc1)c1ccccc1. The molecule has 5 rings (SSSR count). The van der Waals surface area contributed by atoms with E-state index in [-0.39, 0.29) is 5.91 Å². The zero-order chi connectivity index (χ0) is 21.0. The lowest BCUT2D eigenvalue weighted by Gasteiger charge is -2.14. The number of imidazole rings is 1. The molecule has 1 aliphatic heterocycles. The summed E-state index contributed by atoms with van der Waals surface area (Å²) < 4.78 is 0.